The fraction of sp³-hybridized carbons (Fsp3) is 0.200. The first-order chi connectivity index (χ1) is 14.1. The van der Waals surface area contributed by atoms with Crippen LogP contribution in [0.2, 0.25) is 0 Å². The zero-order valence-electron chi connectivity index (χ0n) is 16.2. The Kier molecular flexibility index (Phi) is 5.43. The summed E-state index contributed by atoms with van der Waals surface area (Å²) in [6, 6.07) is 26.5. The molecule has 3 aromatic carbocycles. The van der Waals surface area contributed by atoms with Crippen LogP contribution in [0.15, 0.2) is 84.9 Å². The number of nitrogens with zero attached hydrogens (tertiary/aromatic N) is 1. The van der Waals surface area contributed by atoms with Gasteiger partial charge in [0.15, 0.2) is 0 Å². The minimum absolute atomic E-state index is 0.143. The maximum atomic E-state index is 13.7. The third kappa shape index (κ3) is 4.21. The topological polar surface area (TPSA) is 63.4 Å². The molecule has 29 heavy (non-hydrogen) atoms. The van der Waals surface area contributed by atoms with E-state index < -0.39 is 11.9 Å². The van der Waals surface area contributed by atoms with Crippen LogP contribution in [0.3, 0.4) is 0 Å². The second kappa shape index (κ2) is 8.31. The molecule has 2 amide bonds. The van der Waals surface area contributed by atoms with Crippen molar-refractivity contribution < 1.29 is 9.59 Å². The lowest BCUT2D eigenvalue weighted by molar-refractivity contribution is -0.123. The van der Waals surface area contributed by atoms with Crippen molar-refractivity contribution in [1.29, 1.82) is 0 Å². The molecule has 0 unspecified atom stereocenters. The Balaban J connectivity index is 1.75. The van der Waals surface area contributed by atoms with Crippen LogP contribution in [0.5, 0.6) is 0 Å². The van der Waals surface area contributed by atoms with Crippen molar-refractivity contribution in [2.24, 2.45) is 11.7 Å². The van der Waals surface area contributed by atoms with Crippen LogP contribution < -0.4 is 5.73 Å². The molecular weight excluding hydrogens is 360 g/mol. The molecule has 4 nitrogen and oxygen atoms in total. The first kappa shape index (κ1) is 18.9. The highest BCUT2D eigenvalue weighted by molar-refractivity contribution is 6.02. The normalized spacial score (nSPS) is 14.2. The highest BCUT2D eigenvalue weighted by Gasteiger charge is 2.41. The molecule has 1 saturated carbocycles. The Morgan fingerprint density at radius 2 is 1.45 bits per heavy atom. The van der Waals surface area contributed by atoms with E-state index >= 15 is 0 Å². The third-order valence-corrected chi connectivity index (χ3v) is 5.39. The number of nitrogens with two attached hydrogens (primary N) is 1. The minimum atomic E-state index is -0.591. The number of amides is 2. The van der Waals surface area contributed by atoms with E-state index in [1.54, 1.807) is 4.90 Å². The number of rotatable bonds is 7. The molecule has 1 aliphatic rings. The van der Waals surface area contributed by atoms with Crippen molar-refractivity contribution in [3.8, 4) is 11.1 Å². The maximum Gasteiger partial charge on any atom is 0.255 e. The van der Waals surface area contributed by atoms with Crippen molar-refractivity contribution in [2.45, 2.75) is 25.4 Å². The van der Waals surface area contributed by atoms with Crippen molar-refractivity contribution in [2.75, 3.05) is 0 Å². The monoisotopic (exact) mass is 384 g/mol. The quantitative estimate of drug-likeness (QED) is 0.661. The van der Waals surface area contributed by atoms with Crippen LogP contribution in [-0.2, 0) is 11.3 Å². The van der Waals surface area contributed by atoms with Crippen LogP contribution in [0.1, 0.15) is 28.8 Å². The minimum Gasteiger partial charge on any atom is -0.368 e. The van der Waals surface area contributed by atoms with E-state index in [1.807, 2.05) is 84.9 Å². The first-order valence-corrected chi connectivity index (χ1v) is 9.94. The molecule has 0 saturated heterocycles. The molecule has 0 bridgehead atoms. The van der Waals surface area contributed by atoms with Crippen LogP contribution in [0.4, 0.5) is 0 Å². The summed E-state index contributed by atoms with van der Waals surface area (Å²) in [7, 11) is 0. The van der Waals surface area contributed by atoms with Crippen molar-refractivity contribution in [3.63, 3.8) is 0 Å². The molecule has 1 aliphatic carbocycles. The molecule has 4 rings (SSSR count). The summed E-state index contributed by atoms with van der Waals surface area (Å²) in [5.41, 5.74) is 9.15. The van der Waals surface area contributed by atoms with Gasteiger partial charge in [-0.25, -0.2) is 0 Å². The zero-order chi connectivity index (χ0) is 20.2. The molecule has 0 aliphatic heterocycles. The standard InChI is InChI=1S/C25H24N2O2/c26-24(28)23(20-15-16-20)27(17-18-9-3-1-4-10-18)25(29)22-14-8-7-13-21(22)19-11-5-2-6-12-19/h1-14,20,23H,15-17H2,(H2,26,28)/t23-/m0/s1. The van der Waals surface area contributed by atoms with E-state index in [-0.39, 0.29) is 11.8 Å². The number of hydrogen-bond acceptors (Lipinski definition) is 2. The summed E-state index contributed by atoms with van der Waals surface area (Å²) in [6.45, 7) is 0.354. The molecule has 0 heterocycles. The molecule has 0 spiro atoms. The van der Waals surface area contributed by atoms with Gasteiger partial charge in [0.2, 0.25) is 5.91 Å². The molecule has 1 fully saturated rings. The predicted molar refractivity (Wildman–Crippen MR) is 114 cm³/mol. The molecule has 3 aromatic rings. The van der Waals surface area contributed by atoms with Gasteiger partial charge in [-0.1, -0.05) is 78.9 Å². The van der Waals surface area contributed by atoms with Gasteiger partial charge in [0.1, 0.15) is 6.04 Å². The van der Waals surface area contributed by atoms with Gasteiger partial charge in [0.25, 0.3) is 5.91 Å². The average Bonchev–Trinajstić information content (AvgIpc) is 3.59. The number of carbonyl (C=O) groups excluding carboxylic acids is 2. The number of hydrogen-bond donors (Lipinski definition) is 1. The van der Waals surface area contributed by atoms with Gasteiger partial charge in [-0.15, -0.1) is 0 Å². The van der Waals surface area contributed by atoms with E-state index in [4.69, 9.17) is 5.73 Å². The van der Waals surface area contributed by atoms with Crippen LogP contribution >= 0.6 is 0 Å². The average molecular weight is 384 g/mol. The molecule has 0 radical (unpaired) electrons. The van der Waals surface area contributed by atoms with E-state index in [2.05, 4.69) is 0 Å². The van der Waals surface area contributed by atoms with Gasteiger partial charge in [0.05, 0.1) is 0 Å². The Labute approximate surface area is 171 Å². The van der Waals surface area contributed by atoms with Gasteiger partial charge < -0.3 is 10.6 Å². The highest BCUT2D eigenvalue weighted by atomic mass is 16.2. The van der Waals surface area contributed by atoms with Crippen molar-refractivity contribution in [1.82, 2.24) is 4.90 Å². The molecule has 0 aromatic heterocycles. The van der Waals surface area contributed by atoms with Crippen LogP contribution in [-0.4, -0.2) is 22.8 Å². The second-order valence-corrected chi connectivity index (χ2v) is 7.51. The smallest absolute Gasteiger partial charge is 0.255 e. The van der Waals surface area contributed by atoms with Gasteiger partial charge in [-0.05, 0) is 41.5 Å². The van der Waals surface area contributed by atoms with E-state index in [0.717, 1.165) is 29.5 Å². The lowest BCUT2D eigenvalue weighted by Gasteiger charge is -2.31. The molecule has 2 N–H and O–H groups in total. The summed E-state index contributed by atoms with van der Waals surface area (Å²) in [6.07, 6.45) is 1.85. The Hall–Kier alpha value is -3.40. The predicted octanol–water partition coefficient (Wildman–Crippen LogP) is 4.26. The summed E-state index contributed by atoms with van der Waals surface area (Å²) >= 11 is 0. The summed E-state index contributed by atoms with van der Waals surface area (Å²) < 4.78 is 0. The Bertz CT molecular complexity index is 998. The SMILES string of the molecule is NC(=O)[C@H](C1CC1)N(Cc1ccccc1)C(=O)c1ccccc1-c1ccccc1. The van der Waals surface area contributed by atoms with Gasteiger partial charge in [-0.3, -0.25) is 9.59 Å². The van der Waals surface area contributed by atoms with Crippen molar-refractivity contribution in [3.05, 3.63) is 96.1 Å². The zero-order valence-corrected chi connectivity index (χ0v) is 16.2. The maximum absolute atomic E-state index is 13.7. The van der Waals surface area contributed by atoms with Crippen molar-refractivity contribution >= 4 is 11.8 Å². The number of primary amides is 1. The van der Waals surface area contributed by atoms with Gasteiger partial charge in [-0.2, -0.15) is 0 Å². The summed E-state index contributed by atoms with van der Waals surface area (Å²) in [5, 5.41) is 0. The lowest BCUT2D eigenvalue weighted by atomic mass is 9.97. The molecule has 146 valence electrons. The van der Waals surface area contributed by atoms with E-state index in [1.165, 1.54) is 0 Å². The largest absolute Gasteiger partial charge is 0.368 e. The number of carbonyl (C=O) groups is 2. The molecular formula is C25H24N2O2. The fourth-order valence-electron chi connectivity index (χ4n) is 3.82. The summed E-state index contributed by atoms with van der Waals surface area (Å²) in [5.74, 6) is -0.456. The Morgan fingerprint density at radius 3 is 2.07 bits per heavy atom. The summed E-state index contributed by atoms with van der Waals surface area (Å²) in [4.78, 5) is 27.7. The van der Waals surface area contributed by atoms with Crippen LogP contribution in [0.25, 0.3) is 11.1 Å². The van der Waals surface area contributed by atoms with Crippen LogP contribution in [0, 0.1) is 5.92 Å². The highest BCUT2D eigenvalue weighted by Crippen LogP contribution is 2.37. The molecule has 4 heteroatoms. The number of benzene rings is 3. The fourth-order valence-corrected chi connectivity index (χ4v) is 3.82. The van der Waals surface area contributed by atoms with Gasteiger partial charge in [0, 0.05) is 12.1 Å². The molecule has 1 atom stereocenters. The lowest BCUT2D eigenvalue weighted by Crippen LogP contribution is -2.49. The second-order valence-electron chi connectivity index (χ2n) is 7.51. The Morgan fingerprint density at radius 1 is 0.862 bits per heavy atom. The van der Waals surface area contributed by atoms with E-state index in [9.17, 15) is 9.59 Å². The van der Waals surface area contributed by atoms with E-state index in [0.29, 0.717) is 12.1 Å². The third-order valence-electron chi connectivity index (χ3n) is 5.39. The first-order valence-electron chi connectivity index (χ1n) is 9.94. The van der Waals surface area contributed by atoms with Gasteiger partial charge >= 0.3 is 0 Å².